The van der Waals surface area contributed by atoms with Gasteiger partial charge in [0.25, 0.3) is 0 Å². The van der Waals surface area contributed by atoms with Gasteiger partial charge in [-0.1, -0.05) is 55.0 Å². The molecule has 0 saturated carbocycles. The third-order valence-electron chi connectivity index (χ3n) is 4.24. The molecule has 0 bridgehead atoms. The quantitative estimate of drug-likeness (QED) is 0.242. The number of esters is 1. The average Bonchev–Trinajstić information content (AvgIpc) is 2.75. The van der Waals surface area contributed by atoms with Crippen LogP contribution in [0.15, 0.2) is 112 Å². The highest BCUT2D eigenvalue weighted by Crippen LogP contribution is 2.31. The lowest BCUT2D eigenvalue weighted by atomic mass is 10.1. The van der Waals surface area contributed by atoms with Crippen LogP contribution in [-0.4, -0.2) is 11.6 Å². The van der Waals surface area contributed by atoms with E-state index in [9.17, 15) is 4.79 Å². The first-order valence-electron chi connectivity index (χ1n) is 8.85. The molecule has 0 aliphatic rings. The molecular formula is C25H21O2S+. The van der Waals surface area contributed by atoms with Crippen molar-refractivity contribution in [2.24, 2.45) is 0 Å². The van der Waals surface area contributed by atoms with Crippen LogP contribution in [0.1, 0.15) is 17.3 Å². The molecule has 0 aromatic heterocycles. The maximum atomic E-state index is 12.7. The van der Waals surface area contributed by atoms with E-state index in [0.717, 1.165) is 4.90 Å². The van der Waals surface area contributed by atoms with Gasteiger partial charge in [0.1, 0.15) is 0 Å². The molecule has 0 amide bonds. The predicted octanol–water partition coefficient (Wildman–Crippen LogP) is 5.52. The van der Waals surface area contributed by atoms with Crippen molar-refractivity contribution >= 4 is 16.9 Å². The number of carbonyl (C=O) groups is 1. The van der Waals surface area contributed by atoms with E-state index in [1.165, 1.54) is 15.9 Å². The molecule has 0 aliphatic carbocycles. The van der Waals surface area contributed by atoms with Crippen molar-refractivity contribution in [3.63, 3.8) is 0 Å². The molecule has 0 fully saturated rings. The predicted molar refractivity (Wildman–Crippen MR) is 114 cm³/mol. The Hall–Kier alpha value is -3.22. The van der Waals surface area contributed by atoms with Crippen molar-refractivity contribution in [1.82, 2.24) is 0 Å². The van der Waals surface area contributed by atoms with Gasteiger partial charge in [0.05, 0.1) is 16.5 Å². The summed E-state index contributed by atoms with van der Waals surface area (Å²) in [5.41, 5.74) is -0.668. The maximum Gasteiger partial charge on any atom is 0.340 e. The molecule has 28 heavy (non-hydrogen) atoms. The van der Waals surface area contributed by atoms with Crippen molar-refractivity contribution in [1.29, 1.82) is 0 Å². The number of rotatable bonds is 6. The summed E-state index contributed by atoms with van der Waals surface area (Å²) >= 11 is 0. The van der Waals surface area contributed by atoms with Gasteiger partial charge < -0.3 is 4.74 Å². The van der Waals surface area contributed by atoms with E-state index >= 15 is 0 Å². The summed E-state index contributed by atoms with van der Waals surface area (Å²) in [5.74, 6) is 1.99. The van der Waals surface area contributed by atoms with E-state index in [1.807, 2.05) is 54.6 Å². The zero-order chi connectivity index (χ0) is 20.0. The second kappa shape index (κ2) is 8.65. The van der Waals surface area contributed by atoms with Crippen LogP contribution in [0, 0.1) is 12.3 Å². The average molecular weight is 386 g/mol. The Morgan fingerprint density at radius 2 is 1.50 bits per heavy atom. The minimum Gasteiger partial charge on any atom is -0.439 e. The summed E-state index contributed by atoms with van der Waals surface area (Å²) in [6.07, 6.45) is 6.93. The number of carbonyl (C=O) groups excluding carboxylic acids is 1. The fraction of sp³-hybridized carbons (Fsp3) is 0.0800. The molecule has 3 aromatic rings. The lowest BCUT2D eigenvalue weighted by molar-refractivity contribution is 0.0284. The van der Waals surface area contributed by atoms with Crippen molar-refractivity contribution in [2.45, 2.75) is 27.2 Å². The fourth-order valence-electron chi connectivity index (χ4n) is 2.65. The maximum absolute atomic E-state index is 12.7. The smallest absolute Gasteiger partial charge is 0.340 e. The van der Waals surface area contributed by atoms with Crippen molar-refractivity contribution in [3.05, 3.63) is 103 Å². The first-order valence-corrected chi connectivity index (χ1v) is 10.1. The zero-order valence-electron chi connectivity index (χ0n) is 15.7. The van der Waals surface area contributed by atoms with Crippen LogP contribution >= 0.6 is 0 Å². The van der Waals surface area contributed by atoms with E-state index in [1.54, 1.807) is 13.0 Å². The van der Waals surface area contributed by atoms with Crippen molar-refractivity contribution < 1.29 is 9.53 Å². The molecule has 2 nitrogen and oxygen atoms in total. The van der Waals surface area contributed by atoms with Crippen LogP contribution in [0.5, 0.6) is 0 Å². The minimum atomic E-state index is -1.13. The summed E-state index contributed by atoms with van der Waals surface area (Å²) in [6.45, 7) is 5.30. The Balaban J connectivity index is 2.01. The zero-order valence-corrected chi connectivity index (χ0v) is 16.5. The largest absolute Gasteiger partial charge is 0.439 e. The Bertz CT molecular complexity index is 966. The van der Waals surface area contributed by atoms with Gasteiger partial charge in [-0.05, 0) is 49.4 Å². The molecule has 3 heteroatoms. The second-order valence-corrected chi connectivity index (χ2v) is 8.33. The van der Waals surface area contributed by atoms with Crippen molar-refractivity contribution in [2.75, 3.05) is 0 Å². The summed E-state index contributed by atoms with van der Waals surface area (Å²) in [4.78, 5) is 16.1. The molecule has 0 spiro atoms. The lowest BCUT2D eigenvalue weighted by Gasteiger charge is -2.19. The van der Waals surface area contributed by atoms with E-state index in [0.29, 0.717) is 5.56 Å². The highest BCUT2D eigenvalue weighted by molar-refractivity contribution is 7.97. The SMILES string of the molecule is C#CC(C)(C=C)OC(=O)c1cccc([S+](c2ccccc2)c2ccccc2)c1. The number of ether oxygens (including phenoxy) is 1. The van der Waals surface area contributed by atoms with Gasteiger partial charge in [-0.25, -0.2) is 4.79 Å². The first kappa shape index (κ1) is 19.5. The Morgan fingerprint density at radius 1 is 0.964 bits per heavy atom. The summed E-state index contributed by atoms with van der Waals surface area (Å²) in [7, 11) is -0.336. The fourth-order valence-corrected chi connectivity index (χ4v) is 4.79. The molecule has 1 unspecified atom stereocenters. The van der Waals surface area contributed by atoms with Gasteiger partial charge in [-0.2, -0.15) is 0 Å². The van der Waals surface area contributed by atoms with Crippen LogP contribution in [0.4, 0.5) is 0 Å². The molecule has 0 saturated heterocycles. The van der Waals surface area contributed by atoms with Crippen LogP contribution in [-0.2, 0) is 15.6 Å². The molecule has 138 valence electrons. The molecule has 1 atom stereocenters. The standard InChI is InChI=1S/C25H21O2S/c1-4-25(3,5-2)27-24(26)20-13-12-18-23(19-20)28(21-14-8-6-9-15-21)22-16-10-7-11-17-22/h1,5-19H,2H2,3H3/q+1. The lowest BCUT2D eigenvalue weighted by Crippen LogP contribution is -2.27. The summed E-state index contributed by atoms with van der Waals surface area (Å²) in [5, 5.41) is 0. The third kappa shape index (κ3) is 4.36. The van der Waals surface area contributed by atoms with E-state index in [-0.39, 0.29) is 10.9 Å². The van der Waals surface area contributed by atoms with Crippen LogP contribution < -0.4 is 0 Å². The summed E-state index contributed by atoms with van der Waals surface area (Å²) in [6, 6.07) is 28.1. The molecule has 0 N–H and O–H groups in total. The van der Waals surface area contributed by atoms with Crippen LogP contribution in [0.2, 0.25) is 0 Å². The Morgan fingerprint density at radius 3 is 2.00 bits per heavy atom. The van der Waals surface area contributed by atoms with Crippen LogP contribution in [0.3, 0.4) is 0 Å². The molecule has 3 aromatic carbocycles. The molecule has 0 radical (unpaired) electrons. The van der Waals surface area contributed by atoms with E-state index < -0.39 is 11.6 Å². The topological polar surface area (TPSA) is 26.3 Å². The van der Waals surface area contributed by atoms with Gasteiger partial charge in [0.15, 0.2) is 20.3 Å². The number of benzene rings is 3. The van der Waals surface area contributed by atoms with Gasteiger partial charge in [0, 0.05) is 6.07 Å². The second-order valence-electron chi connectivity index (χ2n) is 6.31. The number of terminal acetylenes is 1. The van der Waals surface area contributed by atoms with E-state index in [4.69, 9.17) is 11.2 Å². The highest BCUT2D eigenvalue weighted by Gasteiger charge is 2.30. The first-order chi connectivity index (χ1) is 13.6. The normalized spacial score (nSPS) is 12.6. The van der Waals surface area contributed by atoms with Gasteiger partial charge in [0.2, 0.25) is 0 Å². The molecular weight excluding hydrogens is 364 g/mol. The van der Waals surface area contributed by atoms with Gasteiger partial charge in [-0.3, -0.25) is 0 Å². The third-order valence-corrected chi connectivity index (χ3v) is 6.46. The highest BCUT2D eigenvalue weighted by atomic mass is 32.2. The monoisotopic (exact) mass is 385 g/mol. The Kier molecular flexibility index (Phi) is 6.03. The van der Waals surface area contributed by atoms with E-state index in [2.05, 4.69) is 36.8 Å². The molecule has 0 heterocycles. The Labute approximate surface area is 169 Å². The minimum absolute atomic E-state index is 0.336. The van der Waals surface area contributed by atoms with Gasteiger partial charge >= 0.3 is 5.97 Å². The molecule has 3 rings (SSSR count). The molecule has 0 aliphatic heterocycles. The summed E-state index contributed by atoms with van der Waals surface area (Å²) < 4.78 is 5.48. The number of hydrogen-bond donors (Lipinski definition) is 0. The number of hydrogen-bond acceptors (Lipinski definition) is 2. The van der Waals surface area contributed by atoms with Crippen LogP contribution in [0.25, 0.3) is 0 Å². The van der Waals surface area contributed by atoms with Crippen molar-refractivity contribution in [3.8, 4) is 12.3 Å². The van der Waals surface area contributed by atoms with Gasteiger partial charge in [-0.15, -0.1) is 6.42 Å².